The zero-order valence-electron chi connectivity index (χ0n) is 13.4. The van der Waals surface area contributed by atoms with E-state index in [2.05, 4.69) is 15.5 Å². The van der Waals surface area contributed by atoms with Crippen molar-refractivity contribution in [2.45, 2.75) is 56.4 Å². The Bertz CT molecular complexity index is 722. The fraction of sp³-hybridized carbons (Fsp3) is 0.500. The lowest BCUT2D eigenvalue weighted by molar-refractivity contribution is -0.121. The first kappa shape index (κ1) is 15.6. The Morgan fingerprint density at radius 2 is 1.96 bits per heavy atom. The molecule has 2 aliphatic rings. The van der Waals surface area contributed by atoms with Crippen LogP contribution in [0.3, 0.4) is 0 Å². The number of carbonyl (C=O) groups is 1. The summed E-state index contributed by atoms with van der Waals surface area (Å²) < 4.78 is 5.37. The molecule has 2 atom stereocenters. The molecule has 2 saturated carbocycles. The number of halogens is 1. The van der Waals surface area contributed by atoms with Crippen LogP contribution in [0.1, 0.15) is 61.2 Å². The van der Waals surface area contributed by atoms with Crippen molar-refractivity contribution in [3.05, 3.63) is 46.6 Å². The normalized spacial score (nSPS) is 23.4. The van der Waals surface area contributed by atoms with Crippen molar-refractivity contribution >= 4 is 17.5 Å². The highest BCUT2D eigenvalue weighted by molar-refractivity contribution is 6.30. The van der Waals surface area contributed by atoms with Crippen LogP contribution < -0.4 is 5.32 Å². The maximum Gasteiger partial charge on any atom is 0.230 e. The first-order valence-electron chi connectivity index (χ1n) is 8.56. The maximum atomic E-state index is 12.0. The molecule has 0 radical (unpaired) electrons. The summed E-state index contributed by atoms with van der Waals surface area (Å²) in [4.78, 5) is 16.5. The minimum absolute atomic E-state index is 0.0145. The van der Waals surface area contributed by atoms with Gasteiger partial charge in [0.25, 0.3) is 0 Å². The highest BCUT2D eigenvalue weighted by Crippen LogP contribution is 2.54. The molecule has 126 valence electrons. The summed E-state index contributed by atoms with van der Waals surface area (Å²) in [7, 11) is 0. The van der Waals surface area contributed by atoms with Gasteiger partial charge in [-0.1, -0.05) is 41.7 Å². The summed E-state index contributed by atoms with van der Waals surface area (Å²) in [5.41, 5.74) is 1.24. The van der Waals surface area contributed by atoms with Crippen LogP contribution in [0.2, 0.25) is 5.02 Å². The predicted molar refractivity (Wildman–Crippen MR) is 90.0 cm³/mol. The Morgan fingerprint density at radius 1 is 1.21 bits per heavy atom. The molecule has 5 nitrogen and oxygen atoms in total. The van der Waals surface area contributed by atoms with Crippen LogP contribution in [0.25, 0.3) is 0 Å². The molecule has 1 aromatic heterocycles. The zero-order valence-corrected chi connectivity index (χ0v) is 14.1. The number of benzene rings is 1. The van der Waals surface area contributed by atoms with Gasteiger partial charge in [0.05, 0.1) is 6.42 Å². The summed E-state index contributed by atoms with van der Waals surface area (Å²) in [5.74, 6) is 1.76. The lowest BCUT2D eigenvalue weighted by Gasteiger charge is -2.10. The first-order chi connectivity index (χ1) is 11.7. The van der Waals surface area contributed by atoms with Crippen LogP contribution in [0.15, 0.2) is 28.8 Å². The Balaban J connectivity index is 1.33. The van der Waals surface area contributed by atoms with Crippen LogP contribution in [0.4, 0.5) is 0 Å². The third-order valence-electron chi connectivity index (χ3n) is 4.93. The van der Waals surface area contributed by atoms with Gasteiger partial charge in [0.1, 0.15) is 0 Å². The largest absolute Gasteiger partial charge is 0.353 e. The van der Waals surface area contributed by atoms with Crippen molar-refractivity contribution in [1.29, 1.82) is 0 Å². The second kappa shape index (κ2) is 6.55. The van der Waals surface area contributed by atoms with Crippen LogP contribution >= 0.6 is 11.6 Å². The van der Waals surface area contributed by atoms with Crippen molar-refractivity contribution < 1.29 is 9.32 Å². The Kier molecular flexibility index (Phi) is 4.27. The predicted octanol–water partition coefficient (Wildman–Crippen LogP) is 3.60. The van der Waals surface area contributed by atoms with E-state index in [1.54, 1.807) is 0 Å². The fourth-order valence-corrected chi connectivity index (χ4v) is 3.65. The van der Waals surface area contributed by atoms with Crippen molar-refractivity contribution in [3.8, 4) is 0 Å². The van der Waals surface area contributed by atoms with Gasteiger partial charge < -0.3 is 9.84 Å². The van der Waals surface area contributed by atoms with Crippen molar-refractivity contribution in [2.75, 3.05) is 0 Å². The molecule has 0 spiro atoms. The standard InChI is InChI=1S/C18H20ClN3O2/c19-12-7-5-11(6-8-12)14-9-15(14)18-21-16(22-24-18)10-17(23)20-13-3-1-2-4-13/h5-8,13-15H,1-4,9-10H2,(H,20,23)/t14-,15-/m1/s1. The number of amides is 1. The quantitative estimate of drug-likeness (QED) is 0.899. The molecule has 1 aromatic carbocycles. The molecule has 4 rings (SSSR count). The van der Waals surface area contributed by atoms with E-state index in [4.69, 9.17) is 16.1 Å². The number of nitrogens with zero attached hydrogens (tertiary/aromatic N) is 2. The summed E-state index contributed by atoms with van der Waals surface area (Å²) in [6.07, 6.45) is 5.74. The van der Waals surface area contributed by atoms with Crippen LogP contribution in [-0.4, -0.2) is 22.1 Å². The van der Waals surface area contributed by atoms with Gasteiger partial charge in [0.2, 0.25) is 11.8 Å². The monoisotopic (exact) mass is 345 g/mol. The third kappa shape index (κ3) is 3.46. The van der Waals surface area contributed by atoms with E-state index in [0.717, 1.165) is 24.3 Å². The van der Waals surface area contributed by atoms with E-state index in [0.29, 0.717) is 23.7 Å². The van der Waals surface area contributed by atoms with E-state index in [1.807, 2.05) is 24.3 Å². The Morgan fingerprint density at radius 3 is 2.71 bits per heavy atom. The summed E-state index contributed by atoms with van der Waals surface area (Å²) in [5, 5.41) is 7.75. The van der Waals surface area contributed by atoms with Crippen LogP contribution in [0, 0.1) is 0 Å². The third-order valence-corrected chi connectivity index (χ3v) is 5.18. The van der Waals surface area contributed by atoms with Crippen molar-refractivity contribution in [1.82, 2.24) is 15.5 Å². The fourth-order valence-electron chi connectivity index (χ4n) is 3.53. The molecule has 0 aliphatic heterocycles. The summed E-state index contributed by atoms with van der Waals surface area (Å²) in [6.45, 7) is 0. The number of carbonyl (C=O) groups excluding carboxylic acids is 1. The molecule has 6 heteroatoms. The minimum atomic E-state index is -0.0145. The first-order valence-corrected chi connectivity index (χ1v) is 8.94. The average molecular weight is 346 g/mol. The SMILES string of the molecule is O=C(Cc1noc([C@@H]2C[C@@H]2c2ccc(Cl)cc2)n1)NC1CCCC1. The maximum absolute atomic E-state index is 12.0. The van der Waals surface area contributed by atoms with Gasteiger partial charge in [-0.15, -0.1) is 0 Å². The number of rotatable bonds is 5. The Hall–Kier alpha value is -1.88. The number of hydrogen-bond donors (Lipinski definition) is 1. The number of nitrogens with one attached hydrogen (secondary N) is 1. The average Bonchev–Trinajstić information content (AvgIpc) is 2.96. The number of aromatic nitrogens is 2. The minimum Gasteiger partial charge on any atom is -0.353 e. The van der Waals surface area contributed by atoms with Crippen molar-refractivity contribution in [2.24, 2.45) is 0 Å². The second-order valence-electron chi connectivity index (χ2n) is 6.77. The van der Waals surface area contributed by atoms with E-state index in [-0.39, 0.29) is 18.2 Å². The van der Waals surface area contributed by atoms with E-state index >= 15 is 0 Å². The van der Waals surface area contributed by atoms with E-state index in [1.165, 1.54) is 18.4 Å². The zero-order chi connectivity index (χ0) is 16.5. The molecule has 2 fully saturated rings. The van der Waals surface area contributed by atoms with Gasteiger partial charge in [0, 0.05) is 17.0 Å². The van der Waals surface area contributed by atoms with Gasteiger partial charge in [0.15, 0.2) is 5.82 Å². The van der Waals surface area contributed by atoms with E-state index in [9.17, 15) is 4.79 Å². The molecule has 1 heterocycles. The molecule has 2 aromatic rings. The van der Waals surface area contributed by atoms with Gasteiger partial charge in [-0.05, 0) is 42.9 Å². The highest BCUT2D eigenvalue weighted by atomic mass is 35.5. The lowest BCUT2D eigenvalue weighted by atomic mass is 10.1. The number of hydrogen-bond acceptors (Lipinski definition) is 4. The summed E-state index contributed by atoms with van der Waals surface area (Å²) in [6, 6.07) is 8.21. The molecular weight excluding hydrogens is 326 g/mol. The van der Waals surface area contributed by atoms with Gasteiger partial charge >= 0.3 is 0 Å². The second-order valence-corrected chi connectivity index (χ2v) is 7.21. The highest BCUT2D eigenvalue weighted by Gasteiger charge is 2.43. The van der Waals surface area contributed by atoms with Gasteiger partial charge in [-0.25, -0.2) is 0 Å². The lowest BCUT2D eigenvalue weighted by Crippen LogP contribution is -2.33. The smallest absolute Gasteiger partial charge is 0.230 e. The molecule has 24 heavy (non-hydrogen) atoms. The van der Waals surface area contributed by atoms with Crippen LogP contribution in [0.5, 0.6) is 0 Å². The van der Waals surface area contributed by atoms with Gasteiger partial charge in [-0.2, -0.15) is 4.98 Å². The molecule has 1 amide bonds. The van der Waals surface area contributed by atoms with E-state index < -0.39 is 0 Å². The van der Waals surface area contributed by atoms with Crippen molar-refractivity contribution in [3.63, 3.8) is 0 Å². The molecular formula is C18H20ClN3O2. The molecule has 0 unspecified atom stereocenters. The molecule has 0 saturated heterocycles. The molecule has 2 aliphatic carbocycles. The topological polar surface area (TPSA) is 68.0 Å². The Labute approximate surface area is 145 Å². The van der Waals surface area contributed by atoms with Gasteiger partial charge in [-0.3, -0.25) is 4.79 Å². The summed E-state index contributed by atoms with van der Waals surface area (Å²) >= 11 is 5.92. The molecule has 0 bridgehead atoms. The van der Waals surface area contributed by atoms with Crippen LogP contribution in [-0.2, 0) is 11.2 Å². The molecule has 1 N–H and O–H groups in total.